The van der Waals surface area contributed by atoms with E-state index >= 15 is 0 Å². The van der Waals surface area contributed by atoms with Gasteiger partial charge in [0.2, 0.25) is 5.91 Å². The molecule has 2 heteroatoms. The summed E-state index contributed by atoms with van der Waals surface area (Å²) in [6.07, 6.45) is 0. The maximum atomic E-state index is 10.4. The van der Waals surface area contributed by atoms with Crippen molar-refractivity contribution < 1.29 is 4.79 Å². The molecule has 0 spiro atoms. The molecule has 1 aliphatic rings. The number of amides is 1. The molecule has 1 fully saturated rings. The Bertz CT molecular complexity index is 114. The molecule has 0 radical (unpaired) electrons. The lowest BCUT2D eigenvalue weighted by atomic mass is 10.3. The van der Waals surface area contributed by atoms with Gasteiger partial charge in [0.15, 0.2) is 0 Å². The number of hydrogen-bond acceptors (Lipinski definition) is 1. The molecule has 0 bridgehead atoms. The maximum absolute atomic E-state index is 10.4. The molecule has 0 aromatic carbocycles. The van der Waals surface area contributed by atoms with E-state index in [2.05, 4.69) is 13.8 Å². The second-order valence-electron chi connectivity index (χ2n) is 2.65. The Balaban J connectivity index is 2.44. The lowest BCUT2D eigenvalue weighted by molar-refractivity contribution is -0.119. The van der Waals surface area contributed by atoms with Gasteiger partial charge in [0, 0.05) is 5.92 Å². The number of hydrogen-bond donors (Lipinski definition) is 1. The van der Waals surface area contributed by atoms with Crippen LogP contribution in [0.5, 0.6) is 0 Å². The van der Waals surface area contributed by atoms with Gasteiger partial charge >= 0.3 is 0 Å². The third-order valence-corrected chi connectivity index (χ3v) is 2.15. The zero-order valence-corrected chi connectivity index (χ0v) is 5.22. The van der Waals surface area contributed by atoms with E-state index in [1.165, 1.54) is 0 Å². The van der Waals surface area contributed by atoms with Crippen LogP contribution < -0.4 is 5.73 Å². The summed E-state index contributed by atoms with van der Waals surface area (Å²) in [7, 11) is 0. The highest BCUT2D eigenvalue weighted by Gasteiger charge is 2.46. The predicted octanol–water partition coefficient (Wildman–Crippen LogP) is 0.374. The van der Waals surface area contributed by atoms with Crippen LogP contribution in [0.15, 0.2) is 0 Å². The van der Waals surface area contributed by atoms with Gasteiger partial charge in [0.05, 0.1) is 0 Å². The smallest absolute Gasteiger partial charge is 0.221 e. The molecule has 1 rings (SSSR count). The van der Waals surface area contributed by atoms with Gasteiger partial charge < -0.3 is 5.73 Å². The first-order valence-corrected chi connectivity index (χ1v) is 2.94. The van der Waals surface area contributed by atoms with Crippen LogP contribution in [0.1, 0.15) is 13.8 Å². The minimum Gasteiger partial charge on any atom is -0.369 e. The van der Waals surface area contributed by atoms with Crippen LogP contribution in [0.25, 0.3) is 0 Å². The fourth-order valence-electron chi connectivity index (χ4n) is 1.18. The van der Waals surface area contributed by atoms with E-state index < -0.39 is 0 Å². The zero-order valence-electron chi connectivity index (χ0n) is 5.22. The molecule has 2 atom stereocenters. The second kappa shape index (κ2) is 1.47. The first-order valence-electron chi connectivity index (χ1n) is 2.94. The Kier molecular flexibility index (Phi) is 1.03. The largest absolute Gasteiger partial charge is 0.369 e. The van der Waals surface area contributed by atoms with Crippen molar-refractivity contribution in [3.05, 3.63) is 0 Å². The van der Waals surface area contributed by atoms with Crippen LogP contribution in [-0.4, -0.2) is 5.91 Å². The van der Waals surface area contributed by atoms with Crippen LogP contribution in [-0.2, 0) is 4.79 Å². The maximum Gasteiger partial charge on any atom is 0.221 e. The number of rotatable bonds is 1. The summed E-state index contributed by atoms with van der Waals surface area (Å²) in [6, 6.07) is 0. The van der Waals surface area contributed by atoms with E-state index in [1.54, 1.807) is 0 Å². The minimum atomic E-state index is -0.134. The Morgan fingerprint density at radius 1 is 1.38 bits per heavy atom. The van der Waals surface area contributed by atoms with E-state index in [0.717, 1.165) is 0 Å². The Hall–Kier alpha value is -0.530. The summed E-state index contributed by atoms with van der Waals surface area (Å²) in [4.78, 5) is 10.4. The third-order valence-electron chi connectivity index (χ3n) is 2.15. The van der Waals surface area contributed by atoms with Crippen LogP contribution in [0.4, 0.5) is 0 Å². The highest BCUT2D eigenvalue weighted by molar-refractivity contribution is 5.80. The first-order chi connectivity index (χ1) is 3.64. The van der Waals surface area contributed by atoms with Crippen LogP contribution in [0.2, 0.25) is 0 Å². The van der Waals surface area contributed by atoms with Crippen LogP contribution in [0, 0.1) is 17.8 Å². The van der Waals surface area contributed by atoms with Crippen molar-refractivity contribution in [2.45, 2.75) is 13.8 Å². The van der Waals surface area contributed by atoms with Crippen molar-refractivity contribution in [3.8, 4) is 0 Å². The van der Waals surface area contributed by atoms with Gasteiger partial charge in [0.1, 0.15) is 0 Å². The molecule has 1 saturated carbocycles. The monoisotopic (exact) mass is 113 g/mol. The lowest BCUT2D eigenvalue weighted by Gasteiger charge is -1.82. The van der Waals surface area contributed by atoms with Gasteiger partial charge in [-0.1, -0.05) is 13.8 Å². The van der Waals surface area contributed by atoms with Crippen molar-refractivity contribution in [3.63, 3.8) is 0 Å². The minimum absolute atomic E-state index is 0.134. The molecular weight excluding hydrogens is 102 g/mol. The molecule has 0 saturated heterocycles. The zero-order chi connectivity index (χ0) is 6.31. The Morgan fingerprint density at radius 2 is 1.75 bits per heavy atom. The number of nitrogens with two attached hydrogens (primary N) is 1. The van der Waals surface area contributed by atoms with Gasteiger partial charge in [-0.2, -0.15) is 0 Å². The normalized spacial score (nSPS) is 44.0. The molecule has 8 heavy (non-hydrogen) atoms. The second-order valence-corrected chi connectivity index (χ2v) is 2.65. The number of primary amides is 1. The molecule has 1 amide bonds. The highest BCUT2D eigenvalue weighted by Crippen LogP contribution is 2.44. The van der Waals surface area contributed by atoms with E-state index in [-0.39, 0.29) is 11.8 Å². The van der Waals surface area contributed by atoms with Crippen molar-refractivity contribution in [1.82, 2.24) is 0 Å². The van der Waals surface area contributed by atoms with Gasteiger partial charge in [-0.3, -0.25) is 4.79 Å². The van der Waals surface area contributed by atoms with Crippen LogP contribution in [0.3, 0.4) is 0 Å². The van der Waals surface area contributed by atoms with E-state index in [1.807, 2.05) is 0 Å². The quantitative estimate of drug-likeness (QED) is 0.524. The first kappa shape index (κ1) is 5.60. The van der Waals surface area contributed by atoms with Gasteiger partial charge in [-0.25, -0.2) is 0 Å². The molecule has 2 N–H and O–H groups in total. The Labute approximate surface area is 49.1 Å². The molecule has 0 unspecified atom stereocenters. The average molecular weight is 113 g/mol. The SMILES string of the molecule is C[C@@H]1C(C(N)=O)[C@H]1C. The van der Waals surface area contributed by atoms with Crippen molar-refractivity contribution in [2.75, 3.05) is 0 Å². The lowest BCUT2D eigenvalue weighted by Crippen LogP contribution is -2.14. The topological polar surface area (TPSA) is 43.1 Å². The molecule has 0 aliphatic heterocycles. The molecule has 2 nitrogen and oxygen atoms in total. The standard InChI is InChI=1S/C6H11NO/c1-3-4(2)5(3)6(7)8/h3-5H,1-2H3,(H2,7,8)/t3-,4-/m0/s1. The molecule has 0 aromatic heterocycles. The molecule has 1 aliphatic carbocycles. The average Bonchev–Trinajstić information content (AvgIpc) is 2.15. The summed E-state index contributed by atoms with van der Waals surface area (Å²) < 4.78 is 0. The third kappa shape index (κ3) is 0.602. The van der Waals surface area contributed by atoms with E-state index in [0.29, 0.717) is 11.8 Å². The predicted molar refractivity (Wildman–Crippen MR) is 31.0 cm³/mol. The summed E-state index contributed by atoms with van der Waals surface area (Å²) in [5, 5.41) is 0. The molecule has 46 valence electrons. The summed E-state index contributed by atoms with van der Waals surface area (Å²) in [5.74, 6) is 1.11. The van der Waals surface area contributed by atoms with Crippen molar-refractivity contribution in [1.29, 1.82) is 0 Å². The fourth-order valence-corrected chi connectivity index (χ4v) is 1.18. The Morgan fingerprint density at radius 3 is 1.75 bits per heavy atom. The van der Waals surface area contributed by atoms with E-state index in [4.69, 9.17) is 5.73 Å². The fraction of sp³-hybridized carbons (Fsp3) is 0.833. The summed E-state index contributed by atoms with van der Waals surface area (Å²) in [6.45, 7) is 4.11. The molecular formula is C6H11NO. The molecule has 0 aromatic rings. The van der Waals surface area contributed by atoms with E-state index in [9.17, 15) is 4.79 Å². The summed E-state index contributed by atoms with van der Waals surface area (Å²) in [5.41, 5.74) is 5.04. The number of carbonyl (C=O) groups is 1. The van der Waals surface area contributed by atoms with Gasteiger partial charge in [-0.05, 0) is 11.8 Å². The number of carbonyl (C=O) groups excluding carboxylic acids is 1. The van der Waals surface area contributed by atoms with Gasteiger partial charge in [0.25, 0.3) is 0 Å². The van der Waals surface area contributed by atoms with Gasteiger partial charge in [-0.15, -0.1) is 0 Å². The molecule has 0 heterocycles. The van der Waals surface area contributed by atoms with Crippen molar-refractivity contribution >= 4 is 5.91 Å². The highest BCUT2D eigenvalue weighted by atomic mass is 16.1. The van der Waals surface area contributed by atoms with Crippen molar-refractivity contribution in [2.24, 2.45) is 23.5 Å². The summed E-state index contributed by atoms with van der Waals surface area (Å²) >= 11 is 0. The van der Waals surface area contributed by atoms with Crippen LogP contribution >= 0.6 is 0 Å².